The number of carbonyl (C=O) groups excluding carboxylic acids is 1. The first kappa shape index (κ1) is 8.88. The van der Waals surface area contributed by atoms with Crippen LogP contribution in [0, 0.1) is 0 Å². The van der Waals surface area contributed by atoms with Crippen LogP contribution >= 0.6 is 0 Å². The number of hydrogen-bond acceptors (Lipinski definition) is 1. The lowest BCUT2D eigenvalue weighted by Crippen LogP contribution is -1.35. The lowest BCUT2D eigenvalue weighted by molar-refractivity contribution is 0.560. The summed E-state index contributed by atoms with van der Waals surface area (Å²) in [6.07, 6.45) is 1.50. The van der Waals surface area contributed by atoms with Gasteiger partial charge in [0, 0.05) is 6.92 Å². The van der Waals surface area contributed by atoms with Crippen LogP contribution in [-0.4, -0.2) is 23.6 Å². The molecule has 0 saturated carbocycles. The van der Waals surface area contributed by atoms with Crippen molar-refractivity contribution in [2.45, 2.75) is 6.92 Å². The molecule has 1 nitrogen and oxygen atoms in total. The summed E-state index contributed by atoms with van der Waals surface area (Å²) in [5.41, 5.74) is 0. The Labute approximate surface area is 36.1 Å². The smallest absolute Gasteiger partial charge is 0.195 e. The van der Waals surface area contributed by atoms with E-state index < -0.39 is 0 Å². The molecule has 1 radical (unpaired) electrons. The van der Waals surface area contributed by atoms with Gasteiger partial charge in [0.05, 0.1) is 0 Å². The SMILES string of the molecule is C[C]=O.[AlH3]. The summed E-state index contributed by atoms with van der Waals surface area (Å²) in [5.74, 6) is 0. The first-order valence-corrected chi connectivity index (χ1v) is 0.704. The van der Waals surface area contributed by atoms with Crippen molar-refractivity contribution in [2.24, 2.45) is 0 Å². The second-order valence-electron chi connectivity index (χ2n) is 0.204. The molecule has 0 N–H and O–H groups in total. The zero-order chi connectivity index (χ0) is 2.71. The number of rotatable bonds is 0. The fourth-order valence-corrected chi connectivity index (χ4v) is 0. The van der Waals surface area contributed by atoms with Crippen LogP contribution in [0.4, 0.5) is 0 Å². The van der Waals surface area contributed by atoms with Crippen molar-refractivity contribution in [3.05, 3.63) is 0 Å². The van der Waals surface area contributed by atoms with E-state index in [9.17, 15) is 0 Å². The Kier molecular flexibility index (Phi) is 23.9. The van der Waals surface area contributed by atoms with Crippen LogP contribution in [0.25, 0.3) is 0 Å². The van der Waals surface area contributed by atoms with Gasteiger partial charge in [-0.15, -0.1) is 0 Å². The highest BCUT2D eigenvalue weighted by molar-refractivity contribution is 5.75. The quantitative estimate of drug-likeness (QED) is 0.334. The van der Waals surface area contributed by atoms with E-state index in [1.165, 1.54) is 13.2 Å². The largest absolute Gasteiger partial charge is 0.291 e. The molecule has 0 atom stereocenters. The monoisotopic (exact) mass is 73.0 g/mol. The summed E-state index contributed by atoms with van der Waals surface area (Å²) in [6.45, 7) is 1.32. The molecule has 23 valence electrons. The third-order valence-corrected chi connectivity index (χ3v) is 0. The van der Waals surface area contributed by atoms with Crippen molar-refractivity contribution in [1.82, 2.24) is 0 Å². The van der Waals surface area contributed by atoms with Crippen LogP contribution in [0.1, 0.15) is 6.92 Å². The van der Waals surface area contributed by atoms with Gasteiger partial charge in [-0.1, -0.05) is 0 Å². The van der Waals surface area contributed by atoms with Gasteiger partial charge in [-0.3, -0.25) is 4.79 Å². The van der Waals surface area contributed by atoms with Crippen LogP contribution in [-0.2, 0) is 4.79 Å². The van der Waals surface area contributed by atoms with Crippen LogP contribution in [0.3, 0.4) is 0 Å². The van der Waals surface area contributed by atoms with Gasteiger partial charge in [-0.25, -0.2) is 0 Å². The molecule has 0 fully saturated rings. The average molecular weight is 73.1 g/mol. The normalized spacial score (nSPS) is 3.25. The zero-order valence-electron chi connectivity index (χ0n) is 1.91. The maximum absolute atomic E-state index is 8.68. The minimum absolute atomic E-state index is 0. The molecule has 4 heavy (non-hydrogen) atoms. The second-order valence-corrected chi connectivity index (χ2v) is 0.204. The van der Waals surface area contributed by atoms with E-state index >= 15 is 0 Å². The van der Waals surface area contributed by atoms with Gasteiger partial charge in [0.25, 0.3) is 0 Å². The summed E-state index contributed by atoms with van der Waals surface area (Å²) < 4.78 is 0. The highest BCUT2D eigenvalue weighted by Gasteiger charge is 1.29. The summed E-state index contributed by atoms with van der Waals surface area (Å²) in [4.78, 5) is 8.68. The van der Waals surface area contributed by atoms with E-state index in [0.717, 1.165) is 0 Å². The van der Waals surface area contributed by atoms with Crippen LogP contribution in [0.5, 0.6) is 0 Å². The Bertz CT molecular complexity index is 13.5. The molecule has 0 aromatic carbocycles. The van der Waals surface area contributed by atoms with Crippen LogP contribution < -0.4 is 0 Å². The van der Waals surface area contributed by atoms with E-state index in [0.29, 0.717) is 0 Å². The lowest BCUT2D eigenvalue weighted by Gasteiger charge is -1.19. The Balaban J connectivity index is 0. The maximum Gasteiger partial charge on any atom is 0.195 e. The molecule has 0 aliphatic carbocycles. The minimum atomic E-state index is 0. The van der Waals surface area contributed by atoms with Crippen molar-refractivity contribution in [1.29, 1.82) is 0 Å². The first-order chi connectivity index (χ1) is 1.41. The Morgan fingerprint density at radius 3 is 1.75 bits per heavy atom. The molecule has 0 spiro atoms. The maximum atomic E-state index is 8.68. The summed E-state index contributed by atoms with van der Waals surface area (Å²) in [7, 11) is 0. The van der Waals surface area contributed by atoms with Gasteiger partial charge in [-0.05, 0) is 0 Å². The molecule has 0 aromatic heterocycles. The zero-order valence-corrected chi connectivity index (χ0v) is 1.91. The molecule has 0 heterocycles. The summed E-state index contributed by atoms with van der Waals surface area (Å²) in [5, 5.41) is 0. The summed E-state index contributed by atoms with van der Waals surface area (Å²) >= 11 is 0. The van der Waals surface area contributed by atoms with Gasteiger partial charge in [0.15, 0.2) is 23.6 Å². The highest BCUT2D eigenvalue weighted by Crippen LogP contribution is 1.13. The second kappa shape index (κ2) is 10.7. The van der Waals surface area contributed by atoms with Gasteiger partial charge < -0.3 is 0 Å². The topological polar surface area (TPSA) is 17.1 Å². The van der Waals surface area contributed by atoms with Gasteiger partial charge >= 0.3 is 0 Å². The molecule has 0 saturated heterocycles. The van der Waals surface area contributed by atoms with Crippen molar-refractivity contribution in [3.8, 4) is 0 Å². The molecule has 0 aliphatic rings. The van der Waals surface area contributed by atoms with Crippen LogP contribution in [0.15, 0.2) is 0 Å². The Hall–Kier alpha value is 0.202. The lowest BCUT2D eigenvalue weighted by atomic mass is 11.0. The molecule has 0 aliphatic heterocycles. The molecular weight excluding hydrogens is 67.0 g/mol. The van der Waals surface area contributed by atoms with Crippen LogP contribution in [0.2, 0.25) is 0 Å². The predicted molar refractivity (Wildman–Crippen MR) is 21.3 cm³/mol. The predicted octanol–water partition coefficient (Wildman–Crippen LogP) is -1.07. The fraction of sp³-hybridized carbons (Fsp3) is 0.500. The fourth-order valence-electron chi connectivity index (χ4n) is 0. The van der Waals surface area contributed by atoms with E-state index in [-0.39, 0.29) is 17.4 Å². The molecule has 0 unspecified atom stereocenters. The van der Waals surface area contributed by atoms with Crippen molar-refractivity contribution in [2.75, 3.05) is 0 Å². The number of hydrogen-bond donors (Lipinski definition) is 0. The first-order valence-electron chi connectivity index (χ1n) is 0.704. The highest BCUT2D eigenvalue weighted by atomic mass is 27.0. The molecule has 0 bridgehead atoms. The third-order valence-electron chi connectivity index (χ3n) is 0. The molecule has 0 rings (SSSR count). The molecule has 0 amide bonds. The van der Waals surface area contributed by atoms with E-state index in [1.54, 1.807) is 0 Å². The standard InChI is InChI=1S/C2H3O.Al.3H/c1-2-3;;;;/h1H3;;;;. The van der Waals surface area contributed by atoms with Crippen molar-refractivity contribution in [3.63, 3.8) is 0 Å². The Morgan fingerprint density at radius 1 is 1.75 bits per heavy atom. The van der Waals surface area contributed by atoms with Crippen molar-refractivity contribution >= 4 is 23.6 Å². The molecule has 2 heteroatoms. The van der Waals surface area contributed by atoms with Gasteiger partial charge in [0.1, 0.15) is 0 Å². The minimum Gasteiger partial charge on any atom is -0.291 e. The summed E-state index contributed by atoms with van der Waals surface area (Å²) in [6, 6.07) is 0. The van der Waals surface area contributed by atoms with Gasteiger partial charge in [-0.2, -0.15) is 0 Å². The average Bonchev–Trinajstić information content (AvgIpc) is 0.918. The van der Waals surface area contributed by atoms with E-state index in [1.807, 2.05) is 0 Å². The van der Waals surface area contributed by atoms with E-state index in [4.69, 9.17) is 4.79 Å². The molecule has 0 aromatic rings. The molecular formula is C2H6AlO. The van der Waals surface area contributed by atoms with E-state index in [2.05, 4.69) is 0 Å². The van der Waals surface area contributed by atoms with Gasteiger partial charge in [0.2, 0.25) is 0 Å². The van der Waals surface area contributed by atoms with Crippen molar-refractivity contribution < 1.29 is 4.79 Å². The Morgan fingerprint density at radius 2 is 1.75 bits per heavy atom. The third kappa shape index (κ3) is 77.7.